The van der Waals surface area contributed by atoms with E-state index in [0.29, 0.717) is 24.6 Å². The number of aryl methyl sites for hydroxylation is 1. The van der Waals surface area contributed by atoms with Crippen LogP contribution in [0.3, 0.4) is 0 Å². The summed E-state index contributed by atoms with van der Waals surface area (Å²) in [5.74, 6) is 0.408. The molecule has 1 fully saturated rings. The third-order valence-corrected chi connectivity index (χ3v) is 4.43. The number of halogens is 4. The van der Waals surface area contributed by atoms with E-state index >= 15 is 0 Å². The molecular weight excluding hydrogens is 369 g/mol. The minimum atomic E-state index is -4.51. The summed E-state index contributed by atoms with van der Waals surface area (Å²) in [6.45, 7) is 1.04. The number of hydrogen-bond donors (Lipinski definition) is 1. The van der Waals surface area contributed by atoms with Crippen molar-refractivity contribution in [2.75, 3.05) is 18.4 Å². The molecular formula is C17H16ClF3N4O. The zero-order valence-electron chi connectivity index (χ0n) is 13.6. The Labute approximate surface area is 153 Å². The van der Waals surface area contributed by atoms with E-state index in [2.05, 4.69) is 15.3 Å². The average molecular weight is 385 g/mol. The van der Waals surface area contributed by atoms with Crippen LogP contribution >= 0.6 is 11.6 Å². The normalized spacial score (nSPS) is 14.8. The summed E-state index contributed by atoms with van der Waals surface area (Å²) < 4.78 is 38.6. The number of anilines is 1. The highest BCUT2D eigenvalue weighted by molar-refractivity contribution is 6.31. The van der Waals surface area contributed by atoms with Crippen molar-refractivity contribution in [1.82, 2.24) is 14.9 Å². The van der Waals surface area contributed by atoms with Gasteiger partial charge in [0.15, 0.2) is 0 Å². The van der Waals surface area contributed by atoms with Crippen LogP contribution in [0.4, 0.5) is 19.1 Å². The first-order valence-electron chi connectivity index (χ1n) is 8.00. The van der Waals surface area contributed by atoms with E-state index in [1.54, 1.807) is 23.4 Å². The third-order valence-electron chi connectivity index (χ3n) is 4.10. The Kier molecular flexibility index (Phi) is 5.31. The highest BCUT2D eigenvalue weighted by Gasteiger charge is 2.34. The zero-order valence-corrected chi connectivity index (χ0v) is 14.4. The average Bonchev–Trinajstić information content (AvgIpc) is 2.56. The fourth-order valence-corrected chi connectivity index (χ4v) is 2.91. The highest BCUT2D eigenvalue weighted by Crippen LogP contribution is 2.35. The molecule has 0 radical (unpaired) electrons. The monoisotopic (exact) mass is 384 g/mol. The predicted molar refractivity (Wildman–Crippen MR) is 90.8 cm³/mol. The number of nitrogens with zero attached hydrogens (tertiary/aromatic N) is 3. The zero-order chi connectivity index (χ0) is 18.7. The second-order valence-electron chi connectivity index (χ2n) is 6.02. The number of amides is 1. The van der Waals surface area contributed by atoms with Gasteiger partial charge in [-0.15, -0.1) is 0 Å². The first-order chi connectivity index (χ1) is 12.3. The first-order valence-corrected chi connectivity index (χ1v) is 8.37. The fourth-order valence-electron chi connectivity index (χ4n) is 2.68. The Hall–Kier alpha value is -2.35. The number of carbonyl (C=O) groups is 1. The highest BCUT2D eigenvalue weighted by atomic mass is 35.5. The minimum Gasteiger partial charge on any atom is -0.348 e. The predicted octanol–water partition coefficient (Wildman–Crippen LogP) is 3.40. The van der Waals surface area contributed by atoms with Crippen LogP contribution in [-0.2, 0) is 17.4 Å². The van der Waals surface area contributed by atoms with E-state index < -0.39 is 11.7 Å². The van der Waals surface area contributed by atoms with Gasteiger partial charge < -0.3 is 10.2 Å². The summed E-state index contributed by atoms with van der Waals surface area (Å²) >= 11 is 5.60. The number of hydrogen-bond acceptors (Lipinski definition) is 4. The number of likely N-dealkylation sites (tertiary alicyclic amines) is 1. The summed E-state index contributed by atoms with van der Waals surface area (Å²) in [6, 6.07) is 5.52. The molecule has 0 bridgehead atoms. The van der Waals surface area contributed by atoms with Crippen molar-refractivity contribution in [3.05, 3.63) is 52.8 Å². The molecule has 1 aliphatic heterocycles. The Bertz CT molecular complexity index is 779. The molecule has 0 atom stereocenters. The lowest BCUT2D eigenvalue weighted by atomic mass is 10.0. The number of aromatic nitrogens is 2. The van der Waals surface area contributed by atoms with E-state index in [1.165, 1.54) is 12.1 Å². The topological polar surface area (TPSA) is 58.1 Å². The second kappa shape index (κ2) is 7.49. The first kappa shape index (κ1) is 18.4. The van der Waals surface area contributed by atoms with Crippen LogP contribution in [0.25, 0.3) is 0 Å². The molecule has 26 heavy (non-hydrogen) atoms. The van der Waals surface area contributed by atoms with Crippen molar-refractivity contribution in [3.8, 4) is 0 Å². The SMILES string of the molecule is O=C(CCc1ccc(Cl)c(C(F)(F)F)c1)N1CC(Nc2ncccn2)C1. The molecule has 1 aromatic carbocycles. The van der Waals surface area contributed by atoms with Gasteiger partial charge in [-0.1, -0.05) is 17.7 Å². The molecule has 3 rings (SSSR count). The molecule has 1 amide bonds. The van der Waals surface area contributed by atoms with Crippen molar-refractivity contribution < 1.29 is 18.0 Å². The third kappa shape index (κ3) is 4.43. The maximum atomic E-state index is 12.9. The molecule has 0 unspecified atom stereocenters. The van der Waals surface area contributed by atoms with Gasteiger partial charge in [0.25, 0.3) is 0 Å². The lowest BCUT2D eigenvalue weighted by molar-refractivity contribution is -0.137. The molecule has 1 aromatic heterocycles. The van der Waals surface area contributed by atoms with E-state index in [-0.39, 0.29) is 29.8 Å². The van der Waals surface area contributed by atoms with Gasteiger partial charge in [-0.25, -0.2) is 9.97 Å². The lowest BCUT2D eigenvalue weighted by Crippen LogP contribution is -2.57. The van der Waals surface area contributed by atoms with Gasteiger partial charge in [-0.3, -0.25) is 4.79 Å². The maximum absolute atomic E-state index is 12.9. The van der Waals surface area contributed by atoms with Crippen molar-refractivity contribution in [2.45, 2.75) is 25.1 Å². The molecule has 9 heteroatoms. The minimum absolute atomic E-state index is 0.0775. The maximum Gasteiger partial charge on any atom is 0.417 e. The van der Waals surface area contributed by atoms with Gasteiger partial charge in [0.05, 0.1) is 16.6 Å². The van der Waals surface area contributed by atoms with Crippen LogP contribution in [0.5, 0.6) is 0 Å². The van der Waals surface area contributed by atoms with E-state index in [0.717, 1.165) is 6.07 Å². The van der Waals surface area contributed by atoms with Crippen LogP contribution < -0.4 is 5.32 Å². The van der Waals surface area contributed by atoms with E-state index in [1.807, 2.05) is 0 Å². The summed E-state index contributed by atoms with van der Waals surface area (Å²) in [5, 5.41) is 2.77. The fraction of sp³-hybridized carbons (Fsp3) is 0.353. The largest absolute Gasteiger partial charge is 0.417 e. The van der Waals surface area contributed by atoms with Crippen molar-refractivity contribution in [3.63, 3.8) is 0 Å². The standard InChI is InChI=1S/C17H16ClF3N4O/c18-14-4-2-11(8-13(14)17(19,20)21)3-5-15(26)25-9-12(10-25)24-16-22-6-1-7-23-16/h1-2,4,6-8,12H,3,5,9-10H2,(H,22,23,24). The van der Waals surface area contributed by atoms with E-state index in [9.17, 15) is 18.0 Å². The molecule has 138 valence electrons. The number of nitrogens with one attached hydrogen (secondary N) is 1. The Balaban J connectivity index is 1.48. The Morgan fingerprint density at radius 2 is 1.96 bits per heavy atom. The van der Waals surface area contributed by atoms with Gasteiger partial charge in [0.2, 0.25) is 11.9 Å². The molecule has 2 aromatic rings. The van der Waals surface area contributed by atoms with Gasteiger partial charge in [0, 0.05) is 31.9 Å². The second-order valence-corrected chi connectivity index (χ2v) is 6.43. The van der Waals surface area contributed by atoms with Crippen LogP contribution in [-0.4, -0.2) is 39.9 Å². The van der Waals surface area contributed by atoms with Gasteiger partial charge in [0.1, 0.15) is 0 Å². The molecule has 1 aliphatic rings. The number of rotatable bonds is 5. The van der Waals surface area contributed by atoms with Crippen molar-refractivity contribution >= 4 is 23.5 Å². The van der Waals surface area contributed by atoms with Crippen LogP contribution in [0.2, 0.25) is 5.02 Å². The molecule has 1 saturated heterocycles. The Morgan fingerprint density at radius 3 is 2.62 bits per heavy atom. The number of benzene rings is 1. The quantitative estimate of drug-likeness (QED) is 0.858. The number of alkyl halides is 3. The van der Waals surface area contributed by atoms with Crippen LogP contribution in [0, 0.1) is 0 Å². The van der Waals surface area contributed by atoms with Crippen molar-refractivity contribution in [1.29, 1.82) is 0 Å². The molecule has 5 nitrogen and oxygen atoms in total. The van der Waals surface area contributed by atoms with Crippen LogP contribution in [0.15, 0.2) is 36.7 Å². The molecule has 0 aliphatic carbocycles. The summed E-state index contributed by atoms with van der Waals surface area (Å²) in [5.41, 5.74) is -0.442. The molecule has 0 saturated carbocycles. The van der Waals surface area contributed by atoms with Gasteiger partial charge in [-0.2, -0.15) is 13.2 Å². The summed E-state index contributed by atoms with van der Waals surface area (Å²) in [4.78, 5) is 21.9. The van der Waals surface area contributed by atoms with Crippen molar-refractivity contribution in [2.24, 2.45) is 0 Å². The van der Waals surface area contributed by atoms with Gasteiger partial charge >= 0.3 is 6.18 Å². The molecule has 1 N–H and O–H groups in total. The molecule has 0 spiro atoms. The lowest BCUT2D eigenvalue weighted by Gasteiger charge is -2.39. The van der Waals surface area contributed by atoms with Crippen LogP contribution in [0.1, 0.15) is 17.5 Å². The molecule has 2 heterocycles. The number of carbonyl (C=O) groups excluding carboxylic acids is 1. The Morgan fingerprint density at radius 1 is 1.27 bits per heavy atom. The smallest absolute Gasteiger partial charge is 0.348 e. The van der Waals surface area contributed by atoms with E-state index in [4.69, 9.17) is 11.6 Å². The summed E-state index contributed by atoms with van der Waals surface area (Å²) in [7, 11) is 0. The summed E-state index contributed by atoms with van der Waals surface area (Å²) in [6.07, 6.45) is -0.883. The van der Waals surface area contributed by atoms with Gasteiger partial charge in [-0.05, 0) is 30.2 Å².